The maximum absolute atomic E-state index is 8.70. The zero-order valence-corrected chi connectivity index (χ0v) is 5.80. The average Bonchev–Trinajstić information content (AvgIpc) is 1.65. The monoisotopic (exact) mass is 137 g/mol. The second kappa shape index (κ2) is 9.90. The largest absolute Gasteiger partial charge is 0.692 e. The zero-order chi connectivity index (χ0) is 6.99. The summed E-state index contributed by atoms with van der Waals surface area (Å²) in [5.41, 5.74) is 0. The molecule has 0 spiro atoms. The predicted molar refractivity (Wildman–Crippen MR) is 32.5 cm³/mol. The summed E-state index contributed by atoms with van der Waals surface area (Å²) in [6.45, 7) is 4.00. The summed E-state index contributed by atoms with van der Waals surface area (Å²) < 4.78 is 8.70. The summed E-state index contributed by atoms with van der Waals surface area (Å²) in [5, 5.41) is 0. The van der Waals surface area contributed by atoms with Crippen LogP contribution in [0.15, 0.2) is 12.2 Å². The summed E-state index contributed by atoms with van der Waals surface area (Å²) in [6.07, 6.45) is 4.00. The van der Waals surface area contributed by atoms with Gasteiger partial charge in [-0.3, -0.25) is 0 Å². The molecule has 2 N–H and O–H groups in total. The van der Waals surface area contributed by atoms with Gasteiger partial charge in [-0.1, -0.05) is 12.2 Å². The van der Waals surface area contributed by atoms with Crippen molar-refractivity contribution in [1.29, 1.82) is 0 Å². The SMILES string of the molecule is CC=CC.O=[P+](O)O. The number of hydrogen-bond acceptors (Lipinski definition) is 1. The zero-order valence-electron chi connectivity index (χ0n) is 4.90. The van der Waals surface area contributed by atoms with Crippen LogP contribution >= 0.6 is 8.25 Å². The molecule has 0 saturated carbocycles. The molecule has 4 heteroatoms. The third kappa shape index (κ3) is 226. The van der Waals surface area contributed by atoms with Crippen LogP contribution in [-0.4, -0.2) is 9.79 Å². The lowest BCUT2D eigenvalue weighted by atomic mass is 10.6. The van der Waals surface area contributed by atoms with Crippen molar-refractivity contribution < 1.29 is 14.4 Å². The standard InChI is InChI=1S/C4H8.HO3P/c1-3-4-2;1-4(2)3/h3-4H,1-2H3;(H-,1,2,3)/p+1. The Bertz CT molecular complexity index is 71.4. The first-order chi connectivity index (χ1) is 3.65. The van der Waals surface area contributed by atoms with E-state index in [2.05, 4.69) is 0 Å². The summed E-state index contributed by atoms with van der Waals surface area (Å²) in [7, 11) is -2.87. The molecule has 0 aliphatic heterocycles. The van der Waals surface area contributed by atoms with Gasteiger partial charge in [0.2, 0.25) is 0 Å². The van der Waals surface area contributed by atoms with Crippen LogP contribution in [0.25, 0.3) is 0 Å². The van der Waals surface area contributed by atoms with Gasteiger partial charge in [0.05, 0.1) is 0 Å². The van der Waals surface area contributed by atoms with Crippen molar-refractivity contribution in [3.8, 4) is 0 Å². The van der Waals surface area contributed by atoms with Crippen LogP contribution in [0.2, 0.25) is 0 Å². The van der Waals surface area contributed by atoms with Crippen LogP contribution in [0.1, 0.15) is 13.8 Å². The first-order valence-electron chi connectivity index (χ1n) is 2.07. The van der Waals surface area contributed by atoms with Gasteiger partial charge in [0.25, 0.3) is 0 Å². The molecule has 0 atom stereocenters. The van der Waals surface area contributed by atoms with Gasteiger partial charge in [0, 0.05) is 4.57 Å². The lowest BCUT2D eigenvalue weighted by Gasteiger charge is -1.49. The second-order valence-electron chi connectivity index (χ2n) is 0.919. The van der Waals surface area contributed by atoms with E-state index in [0.29, 0.717) is 0 Å². The minimum absolute atomic E-state index is 2.00. The molecule has 0 rings (SSSR count). The van der Waals surface area contributed by atoms with E-state index in [9.17, 15) is 0 Å². The molecule has 0 bridgehead atoms. The van der Waals surface area contributed by atoms with Crippen molar-refractivity contribution in [1.82, 2.24) is 0 Å². The Kier molecular flexibility index (Phi) is 13.2. The minimum atomic E-state index is -2.87. The molecule has 0 fully saturated rings. The van der Waals surface area contributed by atoms with Gasteiger partial charge in [-0.25, -0.2) is 0 Å². The Morgan fingerprint density at radius 3 is 1.38 bits per heavy atom. The molecular weight excluding hydrogens is 127 g/mol. The van der Waals surface area contributed by atoms with E-state index < -0.39 is 8.25 Å². The van der Waals surface area contributed by atoms with E-state index in [-0.39, 0.29) is 0 Å². The molecule has 0 heterocycles. The van der Waals surface area contributed by atoms with Crippen LogP contribution in [0.4, 0.5) is 0 Å². The van der Waals surface area contributed by atoms with Crippen LogP contribution in [-0.2, 0) is 4.57 Å². The van der Waals surface area contributed by atoms with Crippen molar-refractivity contribution in [3.63, 3.8) is 0 Å². The van der Waals surface area contributed by atoms with Gasteiger partial charge in [0.1, 0.15) is 0 Å². The Morgan fingerprint density at radius 1 is 1.25 bits per heavy atom. The maximum Gasteiger partial charge on any atom is 0.692 e. The fraction of sp³-hybridized carbons (Fsp3) is 0.500. The number of rotatable bonds is 0. The van der Waals surface area contributed by atoms with Crippen LogP contribution in [0.5, 0.6) is 0 Å². The molecule has 0 aromatic rings. The first-order valence-corrected chi connectivity index (χ1v) is 3.24. The normalized spacial score (nSPS) is 8.00. The van der Waals surface area contributed by atoms with Gasteiger partial charge in [0.15, 0.2) is 0 Å². The lowest BCUT2D eigenvalue weighted by molar-refractivity contribution is 0.405. The molecule has 0 aliphatic carbocycles. The van der Waals surface area contributed by atoms with Crippen molar-refractivity contribution in [2.75, 3.05) is 0 Å². The van der Waals surface area contributed by atoms with Gasteiger partial charge in [-0.05, 0) is 13.8 Å². The highest BCUT2D eigenvalue weighted by molar-refractivity contribution is 7.30. The Balaban J connectivity index is 0. The molecule has 3 nitrogen and oxygen atoms in total. The molecule has 0 saturated heterocycles. The molecular formula is C4H10O3P+. The third-order valence-corrected chi connectivity index (χ3v) is 0.333. The molecule has 0 radical (unpaired) electrons. The van der Waals surface area contributed by atoms with E-state index in [4.69, 9.17) is 14.4 Å². The van der Waals surface area contributed by atoms with Crippen LogP contribution < -0.4 is 0 Å². The fourth-order valence-electron chi connectivity index (χ4n) is 0. The quantitative estimate of drug-likeness (QED) is 0.389. The van der Waals surface area contributed by atoms with E-state index in [1.807, 2.05) is 26.0 Å². The first kappa shape index (κ1) is 10.7. The summed E-state index contributed by atoms with van der Waals surface area (Å²) in [5.74, 6) is 0. The maximum atomic E-state index is 8.70. The van der Waals surface area contributed by atoms with Gasteiger partial charge in [-0.15, -0.1) is 9.79 Å². The highest BCUT2D eigenvalue weighted by atomic mass is 31.1. The molecule has 0 aromatic carbocycles. The topological polar surface area (TPSA) is 57.5 Å². The van der Waals surface area contributed by atoms with E-state index >= 15 is 0 Å². The number of allylic oxidation sites excluding steroid dienone is 2. The van der Waals surface area contributed by atoms with Crippen LogP contribution in [0, 0.1) is 0 Å². The van der Waals surface area contributed by atoms with Crippen LogP contribution in [0.3, 0.4) is 0 Å². The lowest BCUT2D eigenvalue weighted by Crippen LogP contribution is -1.38. The minimum Gasteiger partial charge on any atom is -0.134 e. The van der Waals surface area contributed by atoms with E-state index in [1.165, 1.54) is 0 Å². The van der Waals surface area contributed by atoms with Crippen molar-refractivity contribution >= 4 is 8.25 Å². The summed E-state index contributed by atoms with van der Waals surface area (Å²) in [4.78, 5) is 14.2. The molecule has 0 aromatic heterocycles. The average molecular weight is 137 g/mol. The number of hydrogen-bond donors (Lipinski definition) is 2. The highest BCUT2D eigenvalue weighted by Gasteiger charge is 1.93. The van der Waals surface area contributed by atoms with Gasteiger partial charge < -0.3 is 0 Å². The highest BCUT2D eigenvalue weighted by Crippen LogP contribution is 1.98. The van der Waals surface area contributed by atoms with E-state index in [0.717, 1.165) is 0 Å². The van der Waals surface area contributed by atoms with Gasteiger partial charge >= 0.3 is 8.25 Å². The third-order valence-electron chi connectivity index (χ3n) is 0.333. The Hall–Kier alpha value is -0.240. The smallest absolute Gasteiger partial charge is 0.134 e. The van der Waals surface area contributed by atoms with Crippen molar-refractivity contribution in [2.45, 2.75) is 13.8 Å². The van der Waals surface area contributed by atoms with Gasteiger partial charge in [-0.2, -0.15) is 0 Å². The van der Waals surface area contributed by atoms with E-state index in [1.54, 1.807) is 0 Å². The summed E-state index contributed by atoms with van der Waals surface area (Å²) in [6, 6.07) is 0. The fourth-order valence-corrected chi connectivity index (χ4v) is 0. The molecule has 48 valence electrons. The molecule has 0 amide bonds. The summed E-state index contributed by atoms with van der Waals surface area (Å²) >= 11 is 0. The Labute approximate surface area is 49.6 Å². The molecule has 0 unspecified atom stereocenters. The second-order valence-corrected chi connectivity index (χ2v) is 1.42. The van der Waals surface area contributed by atoms with Crippen molar-refractivity contribution in [2.24, 2.45) is 0 Å². The molecule has 0 aliphatic rings. The predicted octanol–water partition coefficient (Wildman–Crippen LogP) is 1.21. The molecule has 8 heavy (non-hydrogen) atoms. The van der Waals surface area contributed by atoms with Crippen molar-refractivity contribution in [3.05, 3.63) is 12.2 Å². The Morgan fingerprint density at radius 2 is 1.38 bits per heavy atom.